The highest BCUT2D eigenvalue weighted by Gasteiger charge is 2.18. The smallest absolute Gasteiger partial charge is 0.358 e. The van der Waals surface area contributed by atoms with Gasteiger partial charge < -0.3 is 9.63 Å². The van der Waals surface area contributed by atoms with Gasteiger partial charge in [0.15, 0.2) is 11.5 Å². The van der Waals surface area contributed by atoms with Gasteiger partial charge >= 0.3 is 5.97 Å². The predicted molar refractivity (Wildman–Crippen MR) is 69.7 cm³/mol. The van der Waals surface area contributed by atoms with Gasteiger partial charge in [0.25, 0.3) is 0 Å². The Morgan fingerprint density at radius 2 is 2.20 bits per heavy atom. The number of carboxylic acid groups (broad SMARTS) is 1. The van der Waals surface area contributed by atoms with Gasteiger partial charge in [-0.1, -0.05) is 23.4 Å². The lowest BCUT2D eigenvalue weighted by Crippen LogP contribution is -2.22. The van der Waals surface area contributed by atoms with Crippen molar-refractivity contribution in [2.45, 2.75) is 19.5 Å². The molecule has 1 heterocycles. The van der Waals surface area contributed by atoms with E-state index in [2.05, 4.69) is 5.16 Å². The molecule has 20 heavy (non-hydrogen) atoms. The molecule has 0 spiro atoms. The summed E-state index contributed by atoms with van der Waals surface area (Å²) < 4.78 is 18.7. The summed E-state index contributed by atoms with van der Waals surface area (Å²) >= 11 is 0. The van der Waals surface area contributed by atoms with Crippen LogP contribution in [-0.2, 0) is 6.54 Å². The summed E-state index contributed by atoms with van der Waals surface area (Å²) in [6, 6.07) is 7.75. The molecule has 0 aliphatic carbocycles. The topological polar surface area (TPSA) is 66.6 Å². The number of aromatic nitrogens is 1. The first kappa shape index (κ1) is 14.2. The zero-order valence-electron chi connectivity index (χ0n) is 11.2. The van der Waals surface area contributed by atoms with E-state index in [-0.39, 0.29) is 17.6 Å². The fourth-order valence-electron chi connectivity index (χ4n) is 1.92. The normalized spacial score (nSPS) is 12.6. The molecule has 0 radical (unpaired) electrons. The molecular weight excluding hydrogens is 263 g/mol. The van der Waals surface area contributed by atoms with Crippen LogP contribution in [0.15, 0.2) is 34.9 Å². The molecule has 1 aromatic carbocycles. The predicted octanol–water partition coefficient (Wildman–Crippen LogP) is 2.70. The van der Waals surface area contributed by atoms with E-state index in [1.807, 2.05) is 11.8 Å². The maximum Gasteiger partial charge on any atom is 0.358 e. The number of hydrogen-bond donors (Lipinski definition) is 1. The first-order valence-corrected chi connectivity index (χ1v) is 6.12. The Bertz CT molecular complexity index is 612. The Hall–Kier alpha value is -2.21. The van der Waals surface area contributed by atoms with Crippen molar-refractivity contribution in [3.8, 4) is 0 Å². The number of nitrogens with zero attached hydrogens (tertiary/aromatic N) is 2. The van der Waals surface area contributed by atoms with Crippen LogP contribution in [-0.4, -0.2) is 28.2 Å². The van der Waals surface area contributed by atoms with Crippen molar-refractivity contribution in [1.82, 2.24) is 10.1 Å². The third-order valence-electron chi connectivity index (χ3n) is 3.20. The molecular formula is C14H15FN2O3. The third-order valence-corrected chi connectivity index (χ3v) is 3.20. The zero-order chi connectivity index (χ0) is 14.7. The number of halogens is 1. The fraction of sp³-hybridized carbons (Fsp3) is 0.286. The second kappa shape index (κ2) is 5.83. The van der Waals surface area contributed by atoms with Gasteiger partial charge in [-0.25, -0.2) is 9.18 Å². The van der Waals surface area contributed by atoms with Gasteiger partial charge in [-0.05, 0) is 20.0 Å². The molecule has 0 saturated heterocycles. The van der Waals surface area contributed by atoms with Crippen LogP contribution in [0.5, 0.6) is 0 Å². The number of benzene rings is 1. The minimum atomic E-state index is -1.13. The van der Waals surface area contributed by atoms with Gasteiger partial charge in [-0.2, -0.15) is 0 Å². The lowest BCUT2D eigenvalue weighted by atomic mass is 10.1. The van der Waals surface area contributed by atoms with Crippen molar-refractivity contribution in [3.05, 3.63) is 53.2 Å². The molecule has 5 nitrogen and oxygen atoms in total. The molecule has 0 fully saturated rings. The van der Waals surface area contributed by atoms with Crippen molar-refractivity contribution >= 4 is 5.97 Å². The van der Waals surface area contributed by atoms with Crippen molar-refractivity contribution in [1.29, 1.82) is 0 Å². The van der Waals surface area contributed by atoms with E-state index in [1.54, 1.807) is 25.2 Å². The van der Waals surface area contributed by atoms with Crippen LogP contribution in [0.3, 0.4) is 0 Å². The molecule has 1 atom stereocenters. The van der Waals surface area contributed by atoms with Crippen LogP contribution < -0.4 is 0 Å². The number of hydrogen-bond acceptors (Lipinski definition) is 4. The zero-order valence-corrected chi connectivity index (χ0v) is 11.2. The van der Waals surface area contributed by atoms with Crippen molar-refractivity contribution in [2.24, 2.45) is 0 Å². The van der Waals surface area contributed by atoms with E-state index >= 15 is 0 Å². The van der Waals surface area contributed by atoms with E-state index in [0.717, 1.165) is 0 Å². The molecule has 1 unspecified atom stereocenters. The summed E-state index contributed by atoms with van der Waals surface area (Å²) in [4.78, 5) is 12.6. The maximum atomic E-state index is 13.7. The Morgan fingerprint density at radius 3 is 2.80 bits per heavy atom. The Labute approximate surface area is 115 Å². The van der Waals surface area contributed by atoms with Crippen LogP contribution in [0.2, 0.25) is 0 Å². The molecule has 0 saturated carbocycles. The Morgan fingerprint density at radius 1 is 1.50 bits per heavy atom. The first-order valence-electron chi connectivity index (χ1n) is 6.12. The van der Waals surface area contributed by atoms with Crippen LogP contribution in [0, 0.1) is 5.82 Å². The van der Waals surface area contributed by atoms with Gasteiger partial charge in [-0.3, -0.25) is 4.90 Å². The second-order valence-electron chi connectivity index (χ2n) is 4.60. The molecule has 0 bridgehead atoms. The second-order valence-corrected chi connectivity index (χ2v) is 4.60. The van der Waals surface area contributed by atoms with Gasteiger partial charge in [0.2, 0.25) is 0 Å². The van der Waals surface area contributed by atoms with Crippen LogP contribution in [0.4, 0.5) is 4.39 Å². The standard InChI is InChI=1S/C14H15FN2O3/c1-9(11-5-3-4-6-12(11)15)17(2)8-10-7-13(14(18)19)16-20-10/h3-7,9H,8H2,1-2H3,(H,18,19). The molecule has 1 aromatic heterocycles. The van der Waals surface area contributed by atoms with Crippen molar-refractivity contribution in [2.75, 3.05) is 7.05 Å². The number of carbonyl (C=O) groups is 1. The van der Waals surface area contributed by atoms with E-state index in [4.69, 9.17) is 9.63 Å². The summed E-state index contributed by atoms with van der Waals surface area (Å²) in [5, 5.41) is 12.2. The monoisotopic (exact) mass is 278 g/mol. The summed E-state index contributed by atoms with van der Waals surface area (Å²) in [5.74, 6) is -0.978. The molecule has 106 valence electrons. The van der Waals surface area contributed by atoms with E-state index in [9.17, 15) is 9.18 Å². The van der Waals surface area contributed by atoms with Gasteiger partial charge in [0, 0.05) is 17.7 Å². The lowest BCUT2D eigenvalue weighted by molar-refractivity contribution is 0.0685. The Balaban J connectivity index is 2.09. The van der Waals surface area contributed by atoms with Crippen LogP contribution >= 0.6 is 0 Å². The molecule has 0 aliphatic rings. The summed E-state index contributed by atoms with van der Waals surface area (Å²) in [6.45, 7) is 2.21. The minimum Gasteiger partial charge on any atom is -0.476 e. The number of rotatable bonds is 5. The van der Waals surface area contributed by atoms with Gasteiger partial charge in [-0.15, -0.1) is 0 Å². The van der Waals surface area contributed by atoms with Gasteiger partial charge in [0.1, 0.15) is 5.82 Å². The average molecular weight is 278 g/mol. The third kappa shape index (κ3) is 3.03. The average Bonchev–Trinajstić information content (AvgIpc) is 2.87. The molecule has 1 N–H and O–H groups in total. The SMILES string of the molecule is CC(c1ccccc1F)N(C)Cc1cc(C(=O)O)no1. The molecule has 2 rings (SSSR count). The quantitative estimate of drug-likeness (QED) is 0.910. The lowest BCUT2D eigenvalue weighted by Gasteiger charge is -2.24. The van der Waals surface area contributed by atoms with E-state index in [0.29, 0.717) is 17.9 Å². The fourth-order valence-corrected chi connectivity index (χ4v) is 1.92. The number of aromatic carboxylic acids is 1. The van der Waals surface area contributed by atoms with E-state index < -0.39 is 5.97 Å². The largest absolute Gasteiger partial charge is 0.476 e. The molecule has 2 aromatic rings. The molecule has 0 amide bonds. The minimum absolute atomic E-state index is 0.132. The Kier molecular flexibility index (Phi) is 4.14. The molecule has 0 aliphatic heterocycles. The first-order chi connectivity index (χ1) is 9.49. The van der Waals surface area contributed by atoms with Crippen molar-refractivity contribution in [3.63, 3.8) is 0 Å². The number of carboxylic acids is 1. The van der Waals surface area contributed by atoms with Crippen LogP contribution in [0.1, 0.15) is 34.8 Å². The van der Waals surface area contributed by atoms with Gasteiger partial charge in [0.05, 0.1) is 6.54 Å². The highest BCUT2D eigenvalue weighted by Crippen LogP contribution is 2.23. The van der Waals surface area contributed by atoms with Crippen LogP contribution in [0.25, 0.3) is 0 Å². The van der Waals surface area contributed by atoms with Crippen molar-refractivity contribution < 1.29 is 18.8 Å². The maximum absolute atomic E-state index is 13.7. The summed E-state index contributed by atoms with van der Waals surface area (Å²) in [6.07, 6.45) is 0. The summed E-state index contributed by atoms with van der Waals surface area (Å²) in [7, 11) is 1.81. The highest BCUT2D eigenvalue weighted by atomic mass is 19.1. The summed E-state index contributed by atoms with van der Waals surface area (Å²) in [5.41, 5.74) is 0.444. The highest BCUT2D eigenvalue weighted by molar-refractivity contribution is 5.85. The van der Waals surface area contributed by atoms with E-state index in [1.165, 1.54) is 12.1 Å². The molecule has 6 heteroatoms.